The van der Waals surface area contributed by atoms with Crippen molar-refractivity contribution in [3.63, 3.8) is 0 Å². The van der Waals surface area contributed by atoms with E-state index in [2.05, 4.69) is 4.72 Å². The number of carboxylic acids is 1. The van der Waals surface area contributed by atoms with Gasteiger partial charge < -0.3 is 5.11 Å². The normalized spacial score (nSPS) is 14.7. The Bertz CT molecular complexity index is 827. The predicted molar refractivity (Wildman–Crippen MR) is 96.6 cm³/mol. The molecule has 0 saturated carbocycles. The molecule has 0 bridgehead atoms. The first kappa shape index (κ1) is 19.1. The van der Waals surface area contributed by atoms with E-state index < -0.39 is 26.9 Å². The van der Waals surface area contributed by atoms with Crippen LogP contribution in [0, 0.1) is 5.41 Å². The van der Waals surface area contributed by atoms with Gasteiger partial charge in [-0.2, -0.15) is 4.72 Å². The van der Waals surface area contributed by atoms with E-state index in [1.807, 2.05) is 26.8 Å². The number of nitrogens with one attached hydrogen (secondary N) is 1. The third-order valence-electron chi connectivity index (χ3n) is 4.33. The molecule has 6 heteroatoms. The van der Waals surface area contributed by atoms with Gasteiger partial charge in [0.2, 0.25) is 10.0 Å². The van der Waals surface area contributed by atoms with Crippen LogP contribution in [-0.4, -0.2) is 19.5 Å². The van der Waals surface area contributed by atoms with Crippen molar-refractivity contribution in [1.29, 1.82) is 0 Å². The lowest BCUT2D eigenvalue weighted by Crippen LogP contribution is -2.55. The summed E-state index contributed by atoms with van der Waals surface area (Å²) in [6.45, 7) is 5.49. The van der Waals surface area contributed by atoms with Crippen molar-refractivity contribution in [2.45, 2.75) is 37.6 Å². The van der Waals surface area contributed by atoms with Crippen LogP contribution in [0.25, 0.3) is 0 Å². The van der Waals surface area contributed by atoms with E-state index in [0.29, 0.717) is 5.56 Å². The summed E-state index contributed by atoms with van der Waals surface area (Å²) in [7, 11) is -3.91. The van der Waals surface area contributed by atoms with Gasteiger partial charge in [-0.3, -0.25) is 4.79 Å². The van der Waals surface area contributed by atoms with E-state index in [9.17, 15) is 18.3 Å². The zero-order chi connectivity index (χ0) is 18.7. The Kier molecular flexibility index (Phi) is 5.34. The molecular formula is C19H23NO4S. The smallest absolute Gasteiger partial charge is 0.305 e. The maximum absolute atomic E-state index is 12.9. The molecule has 0 heterocycles. The second-order valence-electron chi connectivity index (χ2n) is 7.01. The van der Waals surface area contributed by atoms with Crippen LogP contribution < -0.4 is 4.72 Å². The van der Waals surface area contributed by atoms with E-state index in [4.69, 9.17) is 0 Å². The summed E-state index contributed by atoms with van der Waals surface area (Å²) >= 11 is 0. The number of hydrogen-bond acceptors (Lipinski definition) is 3. The summed E-state index contributed by atoms with van der Waals surface area (Å²) in [6.07, 6.45) is -0.368. The molecule has 0 aliphatic rings. The van der Waals surface area contributed by atoms with Gasteiger partial charge in [-0.05, 0) is 23.1 Å². The Morgan fingerprint density at radius 2 is 1.44 bits per heavy atom. The van der Waals surface area contributed by atoms with Crippen LogP contribution in [0.4, 0.5) is 0 Å². The van der Waals surface area contributed by atoms with E-state index in [1.54, 1.807) is 42.5 Å². The van der Waals surface area contributed by atoms with Crippen LogP contribution >= 0.6 is 0 Å². The Balaban J connectivity index is 2.65. The van der Waals surface area contributed by atoms with Gasteiger partial charge in [-0.25, -0.2) is 8.42 Å². The quantitative estimate of drug-likeness (QED) is 0.826. The topological polar surface area (TPSA) is 83.5 Å². The van der Waals surface area contributed by atoms with Crippen LogP contribution in [0.5, 0.6) is 0 Å². The van der Waals surface area contributed by atoms with Crippen LogP contribution in [0.3, 0.4) is 0 Å². The third-order valence-corrected chi connectivity index (χ3v) is 5.84. The third kappa shape index (κ3) is 4.08. The van der Waals surface area contributed by atoms with Gasteiger partial charge in [-0.1, -0.05) is 69.3 Å². The molecule has 5 nitrogen and oxygen atoms in total. The molecule has 0 aliphatic carbocycles. The summed E-state index contributed by atoms with van der Waals surface area (Å²) in [4.78, 5) is 11.7. The van der Waals surface area contributed by atoms with E-state index in [-0.39, 0.29) is 11.3 Å². The predicted octanol–water partition coefficient (Wildman–Crippen LogP) is 3.38. The minimum absolute atomic E-state index is 0.102. The monoisotopic (exact) mass is 361 g/mol. The summed E-state index contributed by atoms with van der Waals surface area (Å²) < 4.78 is 28.6. The fourth-order valence-electron chi connectivity index (χ4n) is 2.89. The summed E-state index contributed by atoms with van der Waals surface area (Å²) in [6, 6.07) is 16.8. The van der Waals surface area contributed by atoms with Gasteiger partial charge in [0.1, 0.15) is 0 Å². The Labute approximate surface area is 148 Å². The number of carboxylic acid groups (broad SMARTS) is 1. The van der Waals surface area contributed by atoms with Crippen molar-refractivity contribution in [3.8, 4) is 0 Å². The van der Waals surface area contributed by atoms with Crippen molar-refractivity contribution in [2.75, 3.05) is 0 Å². The van der Waals surface area contributed by atoms with Crippen molar-refractivity contribution in [3.05, 3.63) is 66.2 Å². The molecule has 2 aromatic rings. The molecule has 2 N–H and O–H groups in total. The number of hydrogen-bond donors (Lipinski definition) is 2. The molecule has 2 aromatic carbocycles. The molecule has 0 saturated heterocycles. The molecule has 0 aliphatic heterocycles. The molecule has 0 fully saturated rings. The lowest BCUT2D eigenvalue weighted by molar-refractivity contribution is -0.140. The zero-order valence-corrected chi connectivity index (χ0v) is 15.4. The van der Waals surface area contributed by atoms with Crippen molar-refractivity contribution < 1.29 is 18.3 Å². The standard InChI is InChI=1S/C19H23NO4S/c1-18(2,3)19(14-17(21)22,15-10-6-4-7-11-15)20-25(23,24)16-12-8-5-9-13-16/h4-13,20H,14H2,1-3H3,(H,21,22). The lowest BCUT2D eigenvalue weighted by Gasteiger charge is -2.44. The van der Waals surface area contributed by atoms with Gasteiger partial charge in [0.25, 0.3) is 0 Å². The molecule has 1 atom stereocenters. The highest BCUT2D eigenvalue weighted by Gasteiger charge is 2.48. The van der Waals surface area contributed by atoms with Gasteiger partial charge >= 0.3 is 5.97 Å². The molecule has 1 unspecified atom stereocenters. The maximum Gasteiger partial charge on any atom is 0.305 e. The molecule has 25 heavy (non-hydrogen) atoms. The average Bonchev–Trinajstić information content (AvgIpc) is 2.54. The molecule has 0 radical (unpaired) electrons. The van der Waals surface area contributed by atoms with Gasteiger partial charge in [0, 0.05) is 0 Å². The highest BCUT2D eigenvalue weighted by molar-refractivity contribution is 7.89. The van der Waals surface area contributed by atoms with Crippen molar-refractivity contribution in [2.24, 2.45) is 5.41 Å². The van der Waals surface area contributed by atoms with E-state index in [1.165, 1.54) is 12.1 Å². The largest absolute Gasteiger partial charge is 0.481 e. The summed E-state index contributed by atoms with van der Waals surface area (Å²) in [5, 5.41) is 9.51. The molecule has 134 valence electrons. The number of rotatable bonds is 6. The minimum Gasteiger partial charge on any atom is -0.481 e. The van der Waals surface area contributed by atoms with Crippen molar-refractivity contribution in [1.82, 2.24) is 4.72 Å². The van der Waals surface area contributed by atoms with Crippen LogP contribution in [-0.2, 0) is 20.4 Å². The highest BCUT2D eigenvalue weighted by Crippen LogP contribution is 2.43. The molecule has 2 rings (SSSR count). The number of benzene rings is 2. The van der Waals surface area contributed by atoms with Gasteiger partial charge in [0.15, 0.2) is 0 Å². The molecular weight excluding hydrogens is 338 g/mol. The SMILES string of the molecule is CC(C)(C)C(CC(=O)O)(NS(=O)(=O)c1ccccc1)c1ccccc1. The first-order valence-corrected chi connectivity index (χ1v) is 9.43. The Morgan fingerprint density at radius 3 is 1.88 bits per heavy atom. The van der Waals surface area contributed by atoms with Crippen LogP contribution in [0.2, 0.25) is 0 Å². The highest BCUT2D eigenvalue weighted by atomic mass is 32.2. The Morgan fingerprint density at radius 1 is 0.960 bits per heavy atom. The fourth-order valence-corrected chi connectivity index (χ4v) is 4.47. The first-order valence-electron chi connectivity index (χ1n) is 7.95. The Hall–Kier alpha value is -2.18. The molecule has 0 spiro atoms. The van der Waals surface area contributed by atoms with E-state index >= 15 is 0 Å². The second kappa shape index (κ2) is 6.98. The average molecular weight is 361 g/mol. The molecule has 0 amide bonds. The lowest BCUT2D eigenvalue weighted by atomic mass is 9.68. The van der Waals surface area contributed by atoms with E-state index in [0.717, 1.165) is 0 Å². The maximum atomic E-state index is 12.9. The summed E-state index contributed by atoms with van der Waals surface area (Å²) in [5.41, 5.74) is -1.37. The number of carbonyl (C=O) groups is 1. The van der Waals surface area contributed by atoms with Gasteiger partial charge in [0.05, 0.1) is 16.9 Å². The first-order chi connectivity index (χ1) is 11.6. The van der Waals surface area contributed by atoms with Gasteiger partial charge in [-0.15, -0.1) is 0 Å². The second-order valence-corrected chi connectivity index (χ2v) is 8.69. The van der Waals surface area contributed by atoms with Crippen LogP contribution in [0.15, 0.2) is 65.6 Å². The minimum atomic E-state index is -3.91. The number of aliphatic carboxylic acids is 1. The zero-order valence-electron chi connectivity index (χ0n) is 14.6. The molecule has 0 aromatic heterocycles. The fraction of sp³-hybridized carbons (Fsp3) is 0.316. The van der Waals surface area contributed by atoms with Crippen molar-refractivity contribution >= 4 is 16.0 Å². The number of sulfonamides is 1. The summed E-state index contributed by atoms with van der Waals surface area (Å²) in [5.74, 6) is -1.07. The van der Waals surface area contributed by atoms with Crippen LogP contribution in [0.1, 0.15) is 32.8 Å².